The maximum Gasteiger partial charge on any atom is 0.307 e. The standard InChI is InChI=1S/C13H17NO4/c1-9(15)14-12(8-13(16)18-3)10-5-4-6-11(7-10)17-2/h4-7,12H,8H2,1-3H3,(H,14,15). The maximum atomic E-state index is 11.3. The van der Waals surface area contributed by atoms with Gasteiger partial charge in [0.05, 0.1) is 26.7 Å². The fourth-order valence-corrected chi connectivity index (χ4v) is 1.61. The van der Waals surface area contributed by atoms with E-state index in [4.69, 9.17) is 4.74 Å². The Labute approximate surface area is 106 Å². The van der Waals surface area contributed by atoms with Crippen LogP contribution in [0.5, 0.6) is 5.75 Å². The molecule has 1 atom stereocenters. The minimum absolute atomic E-state index is 0.0866. The van der Waals surface area contributed by atoms with E-state index in [1.165, 1.54) is 14.0 Å². The summed E-state index contributed by atoms with van der Waals surface area (Å²) in [6.07, 6.45) is 0.0866. The zero-order chi connectivity index (χ0) is 13.5. The number of ether oxygens (including phenoxy) is 2. The van der Waals surface area contributed by atoms with Crippen LogP contribution in [0.2, 0.25) is 0 Å². The Kier molecular flexibility index (Phi) is 5.17. The van der Waals surface area contributed by atoms with Crippen LogP contribution in [0.15, 0.2) is 24.3 Å². The Morgan fingerprint density at radius 1 is 1.33 bits per heavy atom. The molecule has 0 heterocycles. The van der Waals surface area contributed by atoms with Crippen molar-refractivity contribution in [3.8, 4) is 5.75 Å². The third-order valence-electron chi connectivity index (χ3n) is 2.47. The van der Waals surface area contributed by atoms with Gasteiger partial charge in [0, 0.05) is 6.92 Å². The van der Waals surface area contributed by atoms with Gasteiger partial charge >= 0.3 is 5.97 Å². The van der Waals surface area contributed by atoms with E-state index in [9.17, 15) is 9.59 Å². The number of carbonyl (C=O) groups excluding carboxylic acids is 2. The third kappa shape index (κ3) is 4.08. The first-order chi connectivity index (χ1) is 8.56. The quantitative estimate of drug-likeness (QED) is 0.804. The molecule has 1 N–H and O–H groups in total. The Hall–Kier alpha value is -2.04. The smallest absolute Gasteiger partial charge is 0.307 e. The molecule has 5 heteroatoms. The molecular weight excluding hydrogens is 234 g/mol. The highest BCUT2D eigenvalue weighted by Gasteiger charge is 2.17. The summed E-state index contributed by atoms with van der Waals surface area (Å²) in [4.78, 5) is 22.5. The topological polar surface area (TPSA) is 64.6 Å². The second-order valence-corrected chi connectivity index (χ2v) is 3.81. The zero-order valence-corrected chi connectivity index (χ0v) is 10.7. The molecule has 0 spiro atoms. The van der Waals surface area contributed by atoms with Crippen molar-refractivity contribution in [3.63, 3.8) is 0 Å². The second kappa shape index (κ2) is 6.64. The van der Waals surface area contributed by atoms with Crippen molar-refractivity contribution in [2.24, 2.45) is 0 Å². The SMILES string of the molecule is COC(=O)CC(NC(C)=O)c1cccc(OC)c1. The molecule has 0 saturated carbocycles. The van der Waals surface area contributed by atoms with Crippen LogP contribution < -0.4 is 10.1 Å². The Bertz CT molecular complexity index is 431. The number of rotatable bonds is 5. The molecule has 1 unspecified atom stereocenters. The number of hydrogen-bond acceptors (Lipinski definition) is 4. The van der Waals surface area contributed by atoms with E-state index < -0.39 is 6.04 Å². The number of hydrogen-bond donors (Lipinski definition) is 1. The first kappa shape index (κ1) is 14.0. The van der Waals surface area contributed by atoms with Crippen LogP contribution in [0.4, 0.5) is 0 Å². The highest BCUT2D eigenvalue weighted by Crippen LogP contribution is 2.22. The molecule has 0 aromatic heterocycles. The van der Waals surface area contributed by atoms with Crippen LogP contribution in [0, 0.1) is 0 Å². The molecule has 0 aliphatic heterocycles. The minimum atomic E-state index is -0.412. The number of carbonyl (C=O) groups is 2. The first-order valence-corrected chi connectivity index (χ1v) is 5.54. The predicted octanol–water partition coefficient (Wildman–Crippen LogP) is 1.44. The molecule has 0 saturated heterocycles. The van der Waals surface area contributed by atoms with Crippen molar-refractivity contribution in [3.05, 3.63) is 29.8 Å². The molecule has 0 aliphatic carbocycles. The Morgan fingerprint density at radius 2 is 2.06 bits per heavy atom. The number of benzene rings is 1. The fourth-order valence-electron chi connectivity index (χ4n) is 1.61. The lowest BCUT2D eigenvalue weighted by Crippen LogP contribution is -2.28. The Morgan fingerprint density at radius 3 is 2.61 bits per heavy atom. The van der Waals surface area contributed by atoms with E-state index in [1.54, 1.807) is 25.3 Å². The number of amides is 1. The molecule has 1 aromatic rings. The van der Waals surface area contributed by atoms with E-state index in [-0.39, 0.29) is 18.3 Å². The highest BCUT2D eigenvalue weighted by molar-refractivity contribution is 5.76. The van der Waals surface area contributed by atoms with Gasteiger partial charge in [-0.15, -0.1) is 0 Å². The molecule has 5 nitrogen and oxygen atoms in total. The lowest BCUT2D eigenvalue weighted by Gasteiger charge is -2.17. The van der Waals surface area contributed by atoms with Crippen molar-refractivity contribution in [2.75, 3.05) is 14.2 Å². The van der Waals surface area contributed by atoms with Crippen molar-refractivity contribution < 1.29 is 19.1 Å². The summed E-state index contributed by atoms with van der Waals surface area (Å²) in [6, 6.07) is 6.80. The lowest BCUT2D eigenvalue weighted by atomic mass is 10.0. The third-order valence-corrected chi connectivity index (χ3v) is 2.47. The van der Waals surface area contributed by atoms with Gasteiger partial charge in [0.25, 0.3) is 0 Å². The average molecular weight is 251 g/mol. The fraction of sp³-hybridized carbons (Fsp3) is 0.385. The summed E-state index contributed by atoms with van der Waals surface area (Å²) in [5.74, 6) is 0.0935. The molecule has 98 valence electrons. The molecule has 1 rings (SSSR count). The van der Waals surface area contributed by atoms with Crippen molar-refractivity contribution in [1.82, 2.24) is 5.32 Å². The van der Waals surface area contributed by atoms with E-state index in [1.807, 2.05) is 6.07 Å². The molecule has 18 heavy (non-hydrogen) atoms. The van der Waals surface area contributed by atoms with Crippen LogP contribution >= 0.6 is 0 Å². The number of esters is 1. The van der Waals surface area contributed by atoms with Gasteiger partial charge in [0.2, 0.25) is 5.91 Å². The molecule has 0 fully saturated rings. The summed E-state index contributed by atoms with van der Waals surface area (Å²) in [7, 11) is 2.88. The lowest BCUT2D eigenvalue weighted by molar-refractivity contribution is -0.141. The minimum Gasteiger partial charge on any atom is -0.497 e. The second-order valence-electron chi connectivity index (χ2n) is 3.81. The molecule has 0 radical (unpaired) electrons. The van der Waals surface area contributed by atoms with Crippen LogP contribution in [0.25, 0.3) is 0 Å². The Balaban J connectivity index is 2.92. The number of nitrogens with one attached hydrogen (secondary N) is 1. The molecular formula is C13H17NO4. The monoisotopic (exact) mass is 251 g/mol. The molecule has 1 amide bonds. The van der Waals surface area contributed by atoms with Crippen LogP contribution in [0.1, 0.15) is 24.9 Å². The van der Waals surface area contributed by atoms with E-state index in [2.05, 4.69) is 10.1 Å². The normalized spacial score (nSPS) is 11.5. The molecule has 0 aliphatic rings. The van der Waals surface area contributed by atoms with Crippen molar-refractivity contribution in [2.45, 2.75) is 19.4 Å². The van der Waals surface area contributed by atoms with Crippen LogP contribution in [-0.2, 0) is 14.3 Å². The largest absolute Gasteiger partial charge is 0.497 e. The van der Waals surface area contributed by atoms with Crippen molar-refractivity contribution in [1.29, 1.82) is 0 Å². The van der Waals surface area contributed by atoms with E-state index in [0.29, 0.717) is 5.75 Å². The molecule has 0 bridgehead atoms. The molecule has 1 aromatic carbocycles. The van der Waals surface area contributed by atoms with Gasteiger partial charge in [-0.1, -0.05) is 12.1 Å². The summed E-state index contributed by atoms with van der Waals surface area (Å²) >= 11 is 0. The van der Waals surface area contributed by atoms with Gasteiger partial charge in [0.1, 0.15) is 5.75 Å². The first-order valence-electron chi connectivity index (χ1n) is 5.54. The van der Waals surface area contributed by atoms with Gasteiger partial charge in [0.15, 0.2) is 0 Å². The zero-order valence-electron chi connectivity index (χ0n) is 10.7. The maximum absolute atomic E-state index is 11.3. The predicted molar refractivity (Wildman–Crippen MR) is 66.2 cm³/mol. The van der Waals surface area contributed by atoms with E-state index >= 15 is 0 Å². The summed E-state index contributed by atoms with van der Waals surface area (Å²) in [5.41, 5.74) is 0.801. The van der Waals surface area contributed by atoms with Crippen LogP contribution in [0.3, 0.4) is 0 Å². The van der Waals surface area contributed by atoms with Crippen LogP contribution in [-0.4, -0.2) is 26.1 Å². The average Bonchev–Trinajstić information content (AvgIpc) is 2.37. The van der Waals surface area contributed by atoms with Gasteiger partial charge in [-0.25, -0.2) is 0 Å². The number of methoxy groups -OCH3 is 2. The van der Waals surface area contributed by atoms with Gasteiger partial charge in [-0.05, 0) is 17.7 Å². The van der Waals surface area contributed by atoms with Crippen molar-refractivity contribution >= 4 is 11.9 Å². The summed E-state index contributed by atoms with van der Waals surface area (Å²) < 4.78 is 9.73. The summed E-state index contributed by atoms with van der Waals surface area (Å²) in [5, 5.41) is 2.72. The van der Waals surface area contributed by atoms with E-state index in [0.717, 1.165) is 5.56 Å². The summed E-state index contributed by atoms with van der Waals surface area (Å²) in [6.45, 7) is 1.41. The van der Waals surface area contributed by atoms with Gasteiger partial charge in [-0.2, -0.15) is 0 Å². The highest BCUT2D eigenvalue weighted by atomic mass is 16.5. The van der Waals surface area contributed by atoms with Gasteiger partial charge < -0.3 is 14.8 Å². The van der Waals surface area contributed by atoms with Gasteiger partial charge in [-0.3, -0.25) is 9.59 Å².